The van der Waals surface area contributed by atoms with Crippen LogP contribution in [-0.2, 0) is 27.8 Å². The highest BCUT2D eigenvalue weighted by molar-refractivity contribution is 5.87. The summed E-state index contributed by atoms with van der Waals surface area (Å²) in [6.45, 7) is 4.75. The van der Waals surface area contributed by atoms with Gasteiger partial charge < -0.3 is 44.8 Å². The molecule has 5 heterocycles. The van der Waals surface area contributed by atoms with E-state index in [1.54, 1.807) is 33.1 Å². The van der Waals surface area contributed by atoms with Crippen LogP contribution in [0.15, 0.2) is 73.4 Å². The molecule has 5 N–H and O–H groups in total. The van der Waals surface area contributed by atoms with Gasteiger partial charge >= 0.3 is 12.2 Å². The van der Waals surface area contributed by atoms with Gasteiger partial charge in [-0.2, -0.15) is 0 Å². The van der Waals surface area contributed by atoms with Gasteiger partial charge in [0.2, 0.25) is 11.8 Å². The van der Waals surface area contributed by atoms with Crippen molar-refractivity contribution in [1.82, 2.24) is 49.9 Å². The molecule has 4 amide bonds. The van der Waals surface area contributed by atoms with Gasteiger partial charge in [0, 0.05) is 32.8 Å². The maximum atomic E-state index is 13.8. The van der Waals surface area contributed by atoms with Crippen molar-refractivity contribution < 1.29 is 29.0 Å². The number of hydrogen-bond donors (Lipinski definition) is 5. The highest BCUT2D eigenvalue weighted by Crippen LogP contribution is 2.35. The number of amides is 4. The molecule has 0 bridgehead atoms. The Bertz CT molecular complexity index is 2210. The summed E-state index contributed by atoms with van der Waals surface area (Å²) in [5.74, 6) is 0.733. The summed E-state index contributed by atoms with van der Waals surface area (Å²) in [5.41, 5.74) is 6.33. The van der Waals surface area contributed by atoms with E-state index in [-0.39, 0.29) is 36.2 Å². The Morgan fingerprint density at radius 1 is 0.789 bits per heavy atom. The third-order valence-corrected chi connectivity index (χ3v) is 10.8. The topological polar surface area (TPSA) is 203 Å². The largest absolute Gasteiger partial charge is 0.465 e. The number of aromatic nitrogens is 6. The maximum Gasteiger partial charge on any atom is 0.407 e. The summed E-state index contributed by atoms with van der Waals surface area (Å²) in [4.78, 5) is 74.8. The Hall–Kier alpha value is -6.45. The molecule has 2 saturated heterocycles. The molecule has 5 aromatic rings. The first-order chi connectivity index (χ1) is 27.5. The summed E-state index contributed by atoms with van der Waals surface area (Å²) in [5, 5.41) is 14.4. The van der Waals surface area contributed by atoms with Crippen molar-refractivity contribution in [3.05, 3.63) is 90.8 Å². The maximum absolute atomic E-state index is 13.8. The fourth-order valence-corrected chi connectivity index (χ4v) is 7.83. The van der Waals surface area contributed by atoms with Crippen molar-refractivity contribution in [3.63, 3.8) is 0 Å². The molecule has 4 atom stereocenters. The number of nitrogens with zero attached hydrogens (tertiary/aromatic N) is 6. The molecule has 2 aromatic carbocycles. The van der Waals surface area contributed by atoms with Crippen LogP contribution in [0.2, 0.25) is 0 Å². The lowest BCUT2D eigenvalue weighted by atomic mass is 10.0. The first-order valence-electron chi connectivity index (χ1n) is 19.2. The fraction of sp³-hybridized carbons (Fsp3) is 0.390. The van der Waals surface area contributed by atoms with Gasteiger partial charge in [0.05, 0.1) is 55.0 Å². The molecule has 57 heavy (non-hydrogen) atoms. The lowest BCUT2D eigenvalue weighted by Crippen LogP contribution is -2.50. The van der Waals surface area contributed by atoms with Gasteiger partial charge in [-0.05, 0) is 53.9 Å². The van der Waals surface area contributed by atoms with Crippen molar-refractivity contribution in [2.45, 2.75) is 70.1 Å². The highest BCUT2D eigenvalue weighted by Gasteiger charge is 2.38. The second kappa shape index (κ2) is 16.7. The number of nitrogens with one attached hydrogen (secondary N) is 4. The molecule has 2 aliphatic rings. The number of rotatable bonds is 12. The number of carbonyl (C=O) groups is 4. The van der Waals surface area contributed by atoms with Crippen molar-refractivity contribution in [3.8, 4) is 33.6 Å². The minimum Gasteiger partial charge on any atom is -0.465 e. The molecule has 0 saturated carbocycles. The van der Waals surface area contributed by atoms with Gasteiger partial charge in [-0.15, -0.1) is 0 Å². The minimum atomic E-state index is -1.22. The van der Waals surface area contributed by atoms with Crippen LogP contribution in [0.5, 0.6) is 0 Å². The number of aromatic amines is 2. The molecule has 2 aliphatic heterocycles. The van der Waals surface area contributed by atoms with Crippen LogP contribution in [0.4, 0.5) is 9.59 Å². The monoisotopic (exact) mass is 776 g/mol. The van der Waals surface area contributed by atoms with E-state index in [1.165, 1.54) is 7.11 Å². The molecular weight excluding hydrogens is 729 g/mol. The zero-order valence-electron chi connectivity index (χ0n) is 32.4. The second-order valence-corrected chi connectivity index (χ2v) is 15.0. The van der Waals surface area contributed by atoms with E-state index in [0.29, 0.717) is 30.4 Å². The molecule has 16 heteroatoms. The Morgan fingerprint density at radius 3 is 1.75 bits per heavy atom. The third-order valence-electron chi connectivity index (χ3n) is 10.8. The second-order valence-electron chi connectivity index (χ2n) is 15.0. The van der Waals surface area contributed by atoms with Crippen molar-refractivity contribution >= 4 is 24.0 Å². The summed E-state index contributed by atoms with van der Waals surface area (Å²) < 4.78 is 6.61. The van der Waals surface area contributed by atoms with E-state index in [0.717, 1.165) is 59.3 Å². The Balaban J connectivity index is 1.00. The minimum absolute atomic E-state index is 0.190. The van der Waals surface area contributed by atoms with E-state index < -0.39 is 24.3 Å². The average Bonchev–Trinajstić information content (AvgIpc) is 4.06. The van der Waals surface area contributed by atoms with Gasteiger partial charge in [0.25, 0.3) is 0 Å². The number of carboxylic acid groups (broad SMARTS) is 1. The smallest absolute Gasteiger partial charge is 0.407 e. The number of methoxy groups -OCH3 is 1. The molecule has 0 spiro atoms. The third kappa shape index (κ3) is 8.54. The summed E-state index contributed by atoms with van der Waals surface area (Å²) >= 11 is 0. The molecule has 3 aromatic heterocycles. The number of hydrogen-bond acceptors (Lipinski definition) is 8. The summed E-state index contributed by atoms with van der Waals surface area (Å²) in [6.07, 6.45) is 8.49. The van der Waals surface area contributed by atoms with Crippen LogP contribution >= 0.6 is 0 Å². The van der Waals surface area contributed by atoms with Crippen molar-refractivity contribution in [1.29, 1.82) is 0 Å². The molecule has 298 valence electrons. The summed E-state index contributed by atoms with van der Waals surface area (Å²) in [7, 11) is 3.12. The van der Waals surface area contributed by atoms with Crippen LogP contribution in [0.3, 0.4) is 0 Å². The van der Waals surface area contributed by atoms with Crippen LogP contribution in [0, 0.1) is 5.92 Å². The molecular formula is C41H48N10O6. The summed E-state index contributed by atoms with van der Waals surface area (Å²) in [6, 6.07) is 14.2. The first-order valence-corrected chi connectivity index (χ1v) is 19.2. The number of carbonyl (C=O) groups excluding carboxylic acids is 3. The number of alkyl carbamates (subject to hydrolysis) is 1. The Labute approximate surface area is 330 Å². The van der Waals surface area contributed by atoms with Crippen LogP contribution in [-0.4, -0.2) is 101 Å². The van der Waals surface area contributed by atoms with Gasteiger partial charge in [-0.1, -0.05) is 62.4 Å². The van der Waals surface area contributed by atoms with Crippen LogP contribution < -0.4 is 10.6 Å². The Kier molecular flexibility index (Phi) is 11.4. The molecule has 1 unspecified atom stereocenters. The fourth-order valence-electron chi connectivity index (χ4n) is 7.83. The number of ether oxygens (including phenoxy) is 1. The number of benzene rings is 2. The van der Waals surface area contributed by atoms with Crippen LogP contribution in [0.25, 0.3) is 33.6 Å². The lowest BCUT2D eigenvalue weighted by molar-refractivity contribution is -0.135. The number of imidazole rings is 3. The van der Waals surface area contributed by atoms with Gasteiger partial charge in [-0.25, -0.2) is 24.5 Å². The SMILES string of the molecule is COC(=O)N[C@@H](Cc1cn(C)cn1)C(=O)N1CCCC1c1ncc(-c2ccc(-c3ccc(-c4cnc([C@@H]5CCCN5C(=O)[C@@H](NC(=O)O)C(C)C)[nH]4)cc3)cc2)[nH]1. The van der Waals surface area contributed by atoms with Gasteiger partial charge in [-0.3, -0.25) is 9.59 Å². The average molecular weight is 777 g/mol. The quantitative estimate of drug-likeness (QED) is 0.109. The zero-order chi connectivity index (χ0) is 40.2. The van der Waals surface area contributed by atoms with E-state index in [4.69, 9.17) is 4.74 Å². The predicted octanol–water partition coefficient (Wildman–Crippen LogP) is 5.45. The standard InChI is InChI=1S/C41H48N10O6/c1-24(2)35(48-40(54)55)39(53)51-18-6-8-34(51)37-43-21-32(46-37)28-15-11-26(12-16-28)25-9-13-27(14-10-25)31-20-42-36(45-31)33-7-5-17-50(33)38(52)30(47-41(56)57-4)19-29-22-49(3)23-44-29/h9-16,20-24,30,33-35,48H,5-8,17-19H2,1-4H3,(H,42,45)(H,43,46)(H,47,56)(H,54,55)/t30-,33?,34-,35-/m0/s1. The molecule has 7 rings (SSSR count). The first kappa shape index (κ1) is 38.8. The number of likely N-dealkylation sites (tertiary alicyclic amines) is 2. The normalized spacial score (nSPS) is 17.8. The molecule has 0 aliphatic carbocycles. The van der Waals surface area contributed by atoms with E-state index in [9.17, 15) is 24.3 Å². The zero-order valence-corrected chi connectivity index (χ0v) is 32.4. The van der Waals surface area contributed by atoms with Crippen molar-refractivity contribution in [2.75, 3.05) is 20.2 Å². The number of aryl methyl sites for hydroxylation is 1. The molecule has 16 nitrogen and oxygen atoms in total. The molecule has 2 fully saturated rings. The lowest BCUT2D eigenvalue weighted by Gasteiger charge is -2.29. The highest BCUT2D eigenvalue weighted by atomic mass is 16.5. The van der Waals surface area contributed by atoms with Gasteiger partial charge in [0.1, 0.15) is 23.7 Å². The number of H-pyrrole nitrogens is 2. The van der Waals surface area contributed by atoms with Gasteiger partial charge in [0.15, 0.2) is 0 Å². The van der Waals surface area contributed by atoms with E-state index in [2.05, 4.69) is 59.8 Å². The van der Waals surface area contributed by atoms with E-state index >= 15 is 0 Å². The van der Waals surface area contributed by atoms with E-state index in [1.807, 2.05) is 51.4 Å². The predicted molar refractivity (Wildman–Crippen MR) is 210 cm³/mol. The van der Waals surface area contributed by atoms with Crippen molar-refractivity contribution in [2.24, 2.45) is 13.0 Å². The molecule has 0 radical (unpaired) electrons. The Morgan fingerprint density at radius 2 is 1.30 bits per heavy atom. The van der Waals surface area contributed by atoms with Crippen LogP contribution in [0.1, 0.15) is 69.0 Å².